The number of ether oxygens (including phenoxy) is 6. The molecule has 0 aromatic heterocycles. The van der Waals surface area contributed by atoms with E-state index in [-0.39, 0.29) is 18.9 Å². The first kappa shape index (κ1) is 78.3. The van der Waals surface area contributed by atoms with Crippen LogP contribution in [0.15, 0.2) is 36.5 Å². The molecular formula is C67H123NO18. The van der Waals surface area contributed by atoms with Crippen LogP contribution in [-0.2, 0) is 33.2 Å². The summed E-state index contributed by atoms with van der Waals surface area (Å²) in [5.74, 6) is -0.287. The molecule has 3 saturated heterocycles. The second kappa shape index (κ2) is 49.7. The lowest BCUT2D eigenvalue weighted by atomic mass is 9.96. The van der Waals surface area contributed by atoms with E-state index in [1.54, 1.807) is 6.08 Å². The number of hydrogen-bond donors (Lipinski definition) is 12. The van der Waals surface area contributed by atoms with Crippen molar-refractivity contribution in [1.29, 1.82) is 0 Å². The van der Waals surface area contributed by atoms with Crippen LogP contribution in [0.3, 0.4) is 0 Å². The first-order chi connectivity index (χ1) is 41.8. The minimum absolute atomic E-state index is 0.235. The molecule has 17 atom stereocenters. The number of carbonyl (C=O) groups is 1. The first-order valence-corrected chi connectivity index (χ1v) is 34.2. The van der Waals surface area contributed by atoms with E-state index in [2.05, 4.69) is 43.5 Å². The van der Waals surface area contributed by atoms with E-state index in [4.69, 9.17) is 28.4 Å². The number of rotatable bonds is 52. The Balaban J connectivity index is 1.46. The molecule has 3 fully saturated rings. The molecule has 19 heteroatoms. The standard InChI is InChI=1S/C67H123NO18/c1-3-5-7-9-11-13-15-17-19-20-21-22-23-24-25-26-27-28-29-31-32-34-36-38-40-42-44-51(72)50(68-55(73)45-43-41-39-37-35-33-30-18-16-14-12-10-8-6-4-2)49-81-65-61(79)58(76)63(53(47-70)83-65)86-67-62(80)59(77)64(54(48-71)84-67)85-66-60(78)57(75)56(74)52(46-69)82-66/h28-29,34,36,42,44,50-54,56-67,69-72,74-80H,3-27,30-33,35,37-41,43,45-49H2,1-2H3,(H,68,73)/b29-28+,36-34+,44-42+. The lowest BCUT2D eigenvalue weighted by Gasteiger charge is -2.48. The number of aliphatic hydroxyl groups is 11. The van der Waals surface area contributed by atoms with Gasteiger partial charge in [-0.2, -0.15) is 0 Å². The van der Waals surface area contributed by atoms with E-state index in [0.717, 1.165) is 44.9 Å². The van der Waals surface area contributed by atoms with Gasteiger partial charge in [-0.1, -0.05) is 237 Å². The molecule has 0 aliphatic carbocycles. The molecule has 1 amide bonds. The molecule has 0 bridgehead atoms. The van der Waals surface area contributed by atoms with Gasteiger partial charge in [0.2, 0.25) is 5.91 Å². The number of allylic oxidation sites excluding steroid dienone is 5. The zero-order valence-corrected chi connectivity index (χ0v) is 53.0. The summed E-state index contributed by atoms with van der Waals surface area (Å²) in [7, 11) is 0. The van der Waals surface area contributed by atoms with Crippen LogP contribution in [0.1, 0.15) is 251 Å². The van der Waals surface area contributed by atoms with Crippen molar-refractivity contribution < 1.29 is 89.4 Å². The number of hydrogen-bond acceptors (Lipinski definition) is 18. The Morgan fingerprint density at radius 3 is 1.16 bits per heavy atom. The van der Waals surface area contributed by atoms with Crippen molar-refractivity contribution in [3.63, 3.8) is 0 Å². The maximum atomic E-state index is 13.4. The van der Waals surface area contributed by atoms with Gasteiger partial charge in [0.05, 0.1) is 38.6 Å². The van der Waals surface area contributed by atoms with E-state index in [9.17, 15) is 61.0 Å². The van der Waals surface area contributed by atoms with E-state index in [0.29, 0.717) is 12.8 Å². The summed E-state index contributed by atoms with van der Waals surface area (Å²) >= 11 is 0. The average Bonchev–Trinajstić information content (AvgIpc) is 1.88. The fraction of sp³-hybridized carbons (Fsp3) is 0.896. The molecule has 504 valence electrons. The van der Waals surface area contributed by atoms with Gasteiger partial charge in [0.1, 0.15) is 73.2 Å². The van der Waals surface area contributed by atoms with E-state index in [1.807, 2.05) is 6.08 Å². The van der Waals surface area contributed by atoms with Crippen LogP contribution in [0, 0.1) is 0 Å². The Labute approximate surface area is 517 Å². The summed E-state index contributed by atoms with van der Waals surface area (Å²) in [4.78, 5) is 13.4. The van der Waals surface area contributed by atoms with E-state index < -0.39 is 124 Å². The van der Waals surface area contributed by atoms with Gasteiger partial charge < -0.3 is 89.9 Å². The summed E-state index contributed by atoms with van der Waals surface area (Å²) in [6, 6.07) is -0.994. The minimum Gasteiger partial charge on any atom is -0.394 e. The highest BCUT2D eigenvalue weighted by molar-refractivity contribution is 5.76. The highest BCUT2D eigenvalue weighted by atomic mass is 16.8. The van der Waals surface area contributed by atoms with Gasteiger partial charge in [-0.3, -0.25) is 4.79 Å². The fourth-order valence-electron chi connectivity index (χ4n) is 11.6. The van der Waals surface area contributed by atoms with Crippen molar-refractivity contribution in [2.45, 2.75) is 356 Å². The molecule has 3 rings (SSSR count). The lowest BCUT2D eigenvalue weighted by molar-refractivity contribution is -0.379. The second-order valence-corrected chi connectivity index (χ2v) is 24.6. The average molecular weight is 1230 g/mol. The van der Waals surface area contributed by atoms with Crippen LogP contribution in [-0.4, -0.2) is 193 Å². The van der Waals surface area contributed by atoms with Crippen LogP contribution < -0.4 is 5.32 Å². The predicted octanol–water partition coefficient (Wildman–Crippen LogP) is 8.44. The Morgan fingerprint density at radius 1 is 0.407 bits per heavy atom. The summed E-state index contributed by atoms with van der Waals surface area (Å²) in [6.07, 6.45) is 29.9. The van der Waals surface area contributed by atoms with Crippen LogP contribution in [0.4, 0.5) is 0 Å². The van der Waals surface area contributed by atoms with Gasteiger partial charge in [0.15, 0.2) is 18.9 Å². The molecule has 3 aliphatic rings. The van der Waals surface area contributed by atoms with Gasteiger partial charge in [0.25, 0.3) is 0 Å². The van der Waals surface area contributed by atoms with Gasteiger partial charge >= 0.3 is 0 Å². The summed E-state index contributed by atoms with van der Waals surface area (Å²) in [5.41, 5.74) is 0. The molecule has 12 N–H and O–H groups in total. The third-order valence-electron chi connectivity index (χ3n) is 17.2. The van der Waals surface area contributed by atoms with Crippen LogP contribution >= 0.6 is 0 Å². The topological polar surface area (TPSA) is 307 Å². The molecule has 0 aromatic rings. The van der Waals surface area contributed by atoms with E-state index in [1.165, 1.54) is 173 Å². The van der Waals surface area contributed by atoms with Crippen molar-refractivity contribution in [3.05, 3.63) is 36.5 Å². The van der Waals surface area contributed by atoms with Crippen LogP contribution in [0.5, 0.6) is 0 Å². The van der Waals surface area contributed by atoms with E-state index >= 15 is 0 Å². The SMILES string of the molecule is CCCCCCCCCCCCCCCCCC/C=C/CC/C=C/CC/C=C/C(O)C(COC1OC(CO)C(OC2OC(CO)C(OC3OC(CO)C(O)C(O)C3O)C(O)C2O)C(O)C1O)NC(=O)CCCCCCCCCCCCCCCCC. The third kappa shape index (κ3) is 31.8. The molecule has 0 saturated carbocycles. The lowest BCUT2D eigenvalue weighted by Crippen LogP contribution is -2.66. The number of unbranched alkanes of at least 4 members (excludes halogenated alkanes) is 32. The number of nitrogens with one attached hydrogen (secondary N) is 1. The number of aliphatic hydroxyl groups excluding tert-OH is 11. The quantitative estimate of drug-likeness (QED) is 0.0201. The summed E-state index contributed by atoms with van der Waals surface area (Å²) in [5, 5.41) is 120. The summed E-state index contributed by atoms with van der Waals surface area (Å²) in [6.45, 7) is 1.72. The Morgan fingerprint density at radius 2 is 0.744 bits per heavy atom. The first-order valence-electron chi connectivity index (χ1n) is 34.2. The normalized spacial score (nSPS) is 29.0. The highest BCUT2D eigenvalue weighted by Crippen LogP contribution is 2.33. The van der Waals surface area contributed by atoms with Crippen molar-refractivity contribution in [3.8, 4) is 0 Å². The molecule has 19 nitrogen and oxygen atoms in total. The fourth-order valence-corrected chi connectivity index (χ4v) is 11.6. The minimum atomic E-state index is -1.98. The molecule has 3 heterocycles. The third-order valence-corrected chi connectivity index (χ3v) is 17.2. The molecule has 0 radical (unpaired) electrons. The van der Waals surface area contributed by atoms with Crippen molar-refractivity contribution in [2.75, 3.05) is 26.4 Å². The zero-order chi connectivity index (χ0) is 62.6. The number of carbonyl (C=O) groups excluding carboxylic acids is 1. The molecule has 3 aliphatic heterocycles. The van der Waals surface area contributed by atoms with Crippen LogP contribution in [0.25, 0.3) is 0 Å². The highest BCUT2D eigenvalue weighted by Gasteiger charge is 2.53. The molecule has 86 heavy (non-hydrogen) atoms. The smallest absolute Gasteiger partial charge is 0.220 e. The van der Waals surface area contributed by atoms with Gasteiger partial charge in [-0.25, -0.2) is 0 Å². The van der Waals surface area contributed by atoms with Crippen molar-refractivity contribution in [2.24, 2.45) is 0 Å². The maximum absolute atomic E-state index is 13.4. The Kier molecular flexibility index (Phi) is 45.2. The van der Waals surface area contributed by atoms with Crippen molar-refractivity contribution >= 4 is 5.91 Å². The largest absolute Gasteiger partial charge is 0.394 e. The maximum Gasteiger partial charge on any atom is 0.220 e. The Bertz CT molecular complexity index is 1710. The van der Waals surface area contributed by atoms with Gasteiger partial charge in [-0.15, -0.1) is 0 Å². The van der Waals surface area contributed by atoms with Gasteiger partial charge in [0, 0.05) is 6.42 Å². The molecular weight excluding hydrogens is 1110 g/mol. The van der Waals surface area contributed by atoms with Gasteiger partial charge in [-0.05, 0) is 44.9 Å². The molecule has 17 unspecified atom stereocenters. The molecule has 0 aromatic carbocycles. The molecule has 0 spiro atoms. The monoisotopic (exact) mass is 1230 g/mol. The second-order valence-electron chi connectivity index (χ2n) is 24.6. The predicted molar refractivity (Wildman–Crippen MR) is 333 cm³/mol. The zero-order valence-electron chi connectivity index (χ0n) is 53.0. The Hall–Kier alpha value is -1.99. The summed E-state index contributed by atoms with van der Waals surface area (Å²) < 4.78 is 34.3. The van der Waals surface area contributed by atoms with Crippen molar-refractivity contribution in [1.82, 2.24) is 5.32 Å². The van der Waals surface area contributed by atoms with Crippen LogP contribution in [0.2, 0.25) is 0 Å². The number of amides is 1.